The number of halogens is 1. The molecule has 1 aliphatic heterocycles. The number of rotatable bonds is 4. The molecule has 2 heterocycles. The van der Waals surface area contributed by atoms with Gasteiger partial charge in [0.25, 0.3) is 5.91 Å². The van der Waals surface area contributed by atoms with Crippen molar-refractivity contribution in [1.29, 1.82) is 0 Å². The molecule has 1 N–H and O–H groups in total. The van der Waals surface area contributed by atoms with Crippen LogP contribution in [0.2, 0.25) is 0 Å². The minimum absolute atomic E-state index is 0.00777. The molecule has 0 aliphatic carbocycles. The molecule has 3 rings (SSSR count). The van der Waals surface area contributed by atoms with E-state index in [-0.39, 0.29) is 23.5 Å². The molecule has 6 nitrogen and oxygen atoms in total. The molecule has 0 spiro atoms. The summed E-state index contributed by atoms with van der Waals surface area (Å²) in [6, 6.07) is 8.55. The lowest BCUT2D eigenvalue weighted by Crippen LogP contribution is -2.43. The fraction of sp³-hybridized carbons (Fsp3) is 0.400. The van der Waals surface area contributed by atoms with Crippen molar-refractivity contribution in [1.82, 2.24) is 0 Å². The third-order valence-corrected chi connectivity index (χ3v) is 4.69. The first-order valence-corrected chi connectivity index (χ1v) is 9.62. The van der Waals surface area contributed by atoms with Gasteiger partial charge in [0, 0.05) is 12.2 Å². The molecule has 144 valence electrons. The molecule has 1 aliphatic rings. The Bertz CT molecular complexity index is 873. The molecule has 2 aromatic rings. The van der Waals surface area contributed by atoms with E-state index < -0.39 is 5.41 Å². The van der Waals surface area contributed by atoms with Crippen LogP contribution < -0.4 is 15.0 Å². The first kappa shape index (κ1) is 19.5. The molecule has 2 amide bonds. The zero-order valence-corrected chi connectivity index (χ0v) is 17.4. The number of amides is 2. The van der Waals surface area contributed by atoms with Crippen molar-refractivity contribution >= 4 is 39.1 Å². The summed E-state index contributed by atoms with van der Waals surface area (Å²) in [5.41, 5.74) is 0.603. The van der Waals surface area contributed by atoms with E-state index in [1.165, 1.54) is 0 Å². The molecular formula is C20H23BrN2O4. The maximum absolute atomic E-state index is 13.1. The summed E-state index contributed by atoms with van der Waals surface area (Å²) in [4.78, 5) is 27.2. The monoisotopic (exact) mass is 434 g/mol. The van der Waals surface area contributed by atoms with E-state index in [0.29, 0.717) is 34.9 Å². The Balaban J connectivity index is 1.93. The van der Waals surface area contributed by atoms with Crippen LogP contribution in [0.3, 0.4) is 0 Å². The van der Waals surface area contributed by atoms with Crippen molar-refractivity contribution in [2.75, 3.05) is 23.4 Å². The van der Waals surface area contributed by atoms with Gasteiger partial charge in [-0.1, -0.05) is 13.8 Å². The summed E-state index contributed by atoms with van der Waals surface area (Å²) in [5, 5.41) is 2.80. The maximum atomic E-state index is 13.1. The molecule has 0 radical (unpaired) electrons. The number of nitrogens with one attached hydrogen (secondary N) is 1. The second-order valence-electron chi connectivity index (χ2n) is 7.72. The van der Waals surface area contributed by atoms with Gasteiger partial charge in [-0.25, -0.2) is 0 Å². The Kier molecular flexibility index (Phi) is 5.33. The first-order chi connectivity index (χ1) is 12.7. The Labute approximate surface area is 167 Å². The lowest BCUT2D eigenvalue weighted by atomic mass is 9.92. The highest BCUT2D eigenvalue weighted by Gasteiger charge is 2.38. The quantitative estimate of drug-likeness (QED) is 0.756. The molecule has 7 heteroatoms. The Morgan fingerprint density at radius 1 is 1.30 bits per heavy atom. The third kappa shape index (κ3) is 4.18. The van der Waals surface area contributed by atoms with Crippen LogP contribution in [-0.2, 0) is 4.79 Å². The van der Waals surface area contributed by atoms with Crippen LogP contribution in [0.4, 0.5) is 11.4 Å². The lowest BCUT2D eigenvalue weighted by molar-refractivity contribution is -0.127. The smallest absolute Gasteiger partial charge is 0.291 e. The van der Waals surface area contributed by atoms with Crippen LogP contribution >= 0.6 is 15.9 Å². The highest BCUT2D eigenvalue weighted by atomic mass is 79.9. The van der Waals surface area contributed by atoms with Gasteiger partial charge in [-0.2, -0.15) is 0 Å². The highest BCUT2D eigenvalue weighted by Crippen LogP contribution is 2.38. The number of fused-ring (bicyclic) bond motifs is 1. The van der Waals surface area contributed by atoms with E-state index in [9.17, 15) is 9.59 Å². The first-order valence-electron chi connectivity index (χ1n) is 8.83. The molecule has 0 fully saturated rings. The summed E-state index contributed by atoms with van der Waals surface area (Å²) < 4.78 is 11.7. The Morgan fingerprint density at radius 3 is 2.67 bits per heavy atom. The van der Waals surface area contributed by atoms with E-state index in [1.807, 2.05) is 13.8 Å². The van der Waals surface area contributed by atoms with Gasteiger partial charge in [0.1, 0.15) is 12.4 Å². The molecule has 27 heavy (non-hydrogen) atoms. The molecule has 0 atom stereocenters. The van der Waals surface area contributed by atoms with E-state index >= 15 is 0 Å². The average molecular weight is 435 g/mol. The van der Waals surface area contributed by atoms with Crippen molar-refractivity contribution in [2.24, 2.45) is 11.3 Å². The minimum Gasteiger partial charge on any atom is -0.490 e. The number of ether oxygens (including phenoxy) is 1. The minimum atomic E-state index is -0.627. The Hall–Kier alpha value is -2.28. The van der Waals surface area contributed by atoms with Crippen LogP contribution in [-0.4, -0.2) is 25.0 Å². The number of carbonyl (C=O) groups is 2. The molecule has 0 unspecified atom stereocenters. The number of hydrogen-bond donors (Lipinski definition) is 1. The van der Waals surface area contributed by atoms with E-state index in [2.05, 4.69) is 35.1 Å². The summed E-state index contributed by atoms with van der Waals surface area (Å²) in [5.74, 6) is 0.762. The van der Waals surface area contributed by atoms with Crippen molar-refractivity contribution in [2.45, 2.75) is 27.7 Å². The summed E-state index contributed by atoms with van der Waals surface area (Å²) >= 11 is 3.18. The summed E-state index contributed by atoms with van der Waals surface area (Å²) in [6.45, 7) is 8.76. The predicted molar refractivity (Wildman–Crippen MR) is 107 cm³/mol. The molecule has 1 aromatic carbocycles. The van der Waals surface area contributed by atoms with Gasteiger partial charge < -0.3 is 19.4 Å². The van der Waals surface area contributed by atoms with Crippen molar-refractivity contribution in [3.63, 3.8) is 0 Å². The topological polar surface area (TPSA) is 71.8 Å². The zero-order chi connectivity index (χ0) is 19.8. The zero-order valence-electron chi connectivity index (χ0n) is 15.8. The van der Waals surface area contributed by atoms with E-state index in [0.717, 1.165) is 0 Å². The van der Waals surface area contributed by atoms with Gasteiger partial charge in [-0.3, -0.25) is 9.59 Å². The van der Waals surface area contributed by atoms with Crippen LogP contribution in [0, 0.1) is 11.3 Å². The standard InChI is InChI=1S/C20H23BrN2O4/c1-12(2)10-23-14-9-13(22-18(24)16-7-8-17(21)27-16)5-6-15(14)26-11-20(3,4)19(23)25/h5-9,12H,10-11H2,1-4H3,(H,22,24). The SMILES string of the molecule is CC(C)CN1C(=O)C(C)(C)COc2ccc(NC(=O)c3ccc(Br)o3)cc21. The molecule has 0 saturated carbocycles. The number of carbonyl (C=O) groups excluding carboxylic acids is 2. The molecule has 0 saturated heterocycles. The number of benzene rings is 1. The highest BCUT2D eigenvalue weighted by molar-refractivity contribution is 9.10. The molecule has 0 bridgehead atoms. The van der Waals surface area contributed by atoms with Crippen molar-refractivity contribution in [3.05, 3.63) is 40.8 Å². The number of nitrogens with zero attached hydrogens (tertiary/aromatic N) is 1. The van der Waals surface area contributed by atoms with Crippen molar-refractivity contribution < 1.29 is 18.7 Å². The lowest BCUT2D eigenvalue weighted by Gasteiger charge is -2.29. The number of anilines is 2. The summed E-state index contributed by atoms with van der Waals surface area (Å²) in [7, 11) is 0. The maximum Gasteiger partial charge on any atom is 0.291 e. The molecule has 1 aromatic heterocycles. The third-order valence-electron chi connectivity index (χ3n) is 4.26. The predicted octanol–water partition coefficient (Wildman–Crippen LogP) is 4.70. The summed E-state index contributed by atoms with van der Waals surface area (Å²) in [6.07, 6.45) is 0. The van der Waals surface area contributed by atoms with Gasteiger partial charge in [0.05, 0.1) is 11.1 Å². The second-order valence-corrected chi connectivity index (χ2v) is 8.50. The van der Waals surface area contributed by atoms with Crippen LogP contribution in [0.15, 0.2) is 39.4 Å². The van der Waals surface area contributed by atoms with Gasteiger partial charge in [0.15, 0.2) is 10.4 Å². The van der Waals surface area contributed by atoms with Gasteiger partial charge in [-0.15, -0.1) is 0 Å². The molecular weight excluding hydrogens is 412 g/mol. The normalized spacial score (nSPS) is 15.9. The Morgan fingerprint density at radius 2 is 2.04 bits per heavy atom. The van der Waals surface area contributed by atoms with Gasteiger partial charge in [0.2, 0.25) is 5.91 Å². The van der Waals surface area contributed by atoms with Gasteiger partial charge >= 0.3 is 0 Å². The fourth-order valence-corrected chi connectivity index (χ4v) is 3.20. The van der Waals surface area contributed by atoms with Gasteiger partial charge in [-0.05, 0) is 66.0 Å². The van der Waals surface area contributed by atoms with Crippen LogP contribution in [0.5, 0.6) is 5.75 Å². The fourth-order valence-electron chi connectivity index (χ4n) is 2.90. The van der Waals surface area contributed by atoms with Crippen molar-refractivity contribution in [3.8, 4) is 5.75 Å². The second kappa shape index (κ2) is 7.38. The van der Waals surface area contributed by atoms with Crippen LogP contribution in [0.25, 0.3) is 0 Å². The number of hydrogen-bond acceptors (Lipinski definition) is 4. The van der Waals surface area contributed by atoms with E-state index in [1.54, 1.807) is 35.2 Å². The van der Waals surface area contributed by atoms with E-state index in [4.69, 9.17) is 9.15 Å². The number of furan rings is 1. The largest absolute Gasteiger partial charge is 0.490 e. The van der Waals surface area contributed by atoms with Crippen LogP contribution in [0.1, 0.15) is 38.2 Å². The average Bonchev–Trinajstić information content (AvgIpc) is 3.01.